The molecule has 2 aliphatic rings. The van der Waals surface area contributed by atoms with Crippen LogP contribution in [-0.2, 0) is 14.3 Å². The van der Waals surface area contributed by atoms with Gasteiger partial charge in [-0.1, -0.05) is 11.8 Å². The number of hydrogen-bond acceptors (Lipinski definition) is 7. The lowest BCUT2D eigenvalue weighted by atomic mass is 10.0. The lowest BCUT2D eigenvalue weighted by molar-refractivity contribution is -0.109. The number of nitrogens with zero attached hydrogens (tertiary/aromatic N) is 2. The Labute approximate surface area is 184 Å². The Morgan fingerprint density at radius 2 is 1.24 bits per heavy atom. The smallest absolute Gasteiger partial charge is 0.410 e. The molecular formula is C20H36N2O5S2. The highest BCUT2D eigenvalue weighted by Crippen LogP contribution is 2.23. The van der Waals surface area contributed by atoms with Gasteiger partial charge in [-0.25, -0.2) is 9.59 Å². The van der Waals surface area contributed by atoms with Crippen molar-refractivity contribution in [1.82, 2.24) is 9.80 Å². The second-order valence-electron chi connectivity index (χ2n) is 9.49. The lowest BCUT2D eigenvalue weighted by Gasteiger charge is -2.39. The van der Waals surface area contributed by atoms with Crippen LogP contribution in [0.3, 0.4) is 0 Å². The Bertz CT molecular complexity index is 574. The summed E-state index contributed by atoms with van der Waals surface area (Å²) < 4.78 is 10.4. The van der Waals surface area contributed by atoms with Gasteiger partial charge >= 0.3 is 12.2 Å². The Morgan fingerprint density at radius 1 is 0.862 bits per heavy atom. The zero-order valence-electron chi connectivity index (χ0n) is 18.7. The van der Waals surface area contributed by atoms with Crippen molar-refractivity contribution < 1.29 is 23.9 Å². The number of hydrogen-bond donors (Lipinski definition) is 1. The fourth-order valence-electron chi connectivity index (χ4n) is 2.55. The molecule has 0 spiro atoms. The fourth-order valence-corrected chi connectivity index (χ4v) is 3.46. The molecule has 0 aromatic rings. The van der Waals surface area contributed by atoms with E-state index in [2.05, 4.69) is 12.6 Å². The monoisotopic (exact) mass is 448 g/mol. The average Bonchev–Trinajstić information content (AvgIpc) is 2.40. The average molecular weight is 449 g/mol. The van der Waals surface area contributed by atoms with Crippen molar-refractivity contribution in [2.45, 2.75) is 59.7 Å². The number of amides is 2. The van der Waals surface area contributed by atoms with Crippen molar-refractivity contribution in [3.63, 3.8) is 0 Å². The highest BCUT2D eigenvalue weighted by atomic mass is 32.2. The van der Waals surface area contributed by atoms with Crippen LogP contribution in [0.4, 0.5) is 9.59 Å². The molecule has 0 aromatic carbocycles. The van der Waals surface area contributed by atoms with Crippen molar-refractivity contribution >= 4 is 41.7 Å². The van der Waals surface area contributed by atoms with E-state index in [0.29, 0.717) is 24.9 Å². The van der Waals surface area contributed by atoms with E-state index < -0.39 is 5.60 Å². The van der Waals surface area contributed by atoms with Gasteiger partial charge in [-0.15, -0.1) is 0 Å². The van der Waals surface area contributed by atoms with Gasteiger partial charge in [-0.2, -0.15) is 12.6 Å². The van der Waals surface area contributed by atoms with Crippen molar-refractivity contribution in [3.8, 4) is 0 Å². The molecule has 0 unspecified atom stereocenters. The lowest BCUT2D eigenvalue weighted by Crippen LogP contribution is -2.52. The second kappa shape index (κ2) is 10.8. The summed E-state index contributed by atoms with van der Waals surface area (Å²) in [6.45, 7) is 15.7. The van der Waals surface area contributed by atoms with Gasteiger partial charge < -0.3 is 19.3 Å². The van der Waals surface area contributed by atoms with Crippen molar-refractivity contribution in [2.24, 2.45) is 11.8 Å². The second-order valence-corrected chi connectivity index (χ2v) is 11.0. The first-order valence-corrected chi connectivity index (χ1v) is 11.5. The van der Waals surface area contributed by atoms with Crippen LogP contribution in [0.1, 0.15) is 48.5 Å². The molecule has 0 bridgehead atoms. The van der Waals surface area contributed by atoms with Gasteiger partial charge in [0.15, 0.2) is 5.12 Å². The molecule has 168 valence electrons. The van der Waals surface area contributed by atoms with Crippen molar-refractivity contribution in [3.05, 3.63) is 0 Å². The molecular weight excluding hydrogens is 412 g/mol. The van der Waals surface area contributed by atoms with Gasteiger partial charge in [0.2, 0.25) is 0 Å². The third-order valence-corrected chi connectivity index (χ3v) is 5.56. The normalized spacial score (nSPS) is 17.5. The topological polar surface area (TPSA) is 76.1 Å². The van der Waals surface area contributed by atoms with Crippen LogP contribution >= 0.6 is 24.4 Å². The van der Waals surface area contributed by atoms with Gasteiger partial charge in [0.1, 0.15) is 11.2 Å². The summed E-state index contributed by atoms with van der Waals surface area (Å²) in [6, 6.07) is 0. The molecule has 0 saturated carbocycles. The Kier molecular flexibility index (Phi) is 9.66. The van der Waals surface area contributed by atoms with Crippen LogP contribution in [0.15, 0.2) is 0 Å². The van der Waals surface area contributed by atoms with Crippen LogP contribution in [0, 0.1) is 11.8 Å². The summed E-state index contributed by atoms with van der Waals surface area (Å²) in [5, 5.41) is 0.135. The van der Waals surface area contributed by atoms with Crippen LogP contribution in [-0.4, -0.2) is 76.0 Å². The summed E-state index contributed by atoms with van der Waals surface area (Å²) in [5.41, 5.74) is -0.820. The number of carbonyl (C=O) groups excluding carboxylic acids is 3. The number of ether oxygens (including phenoxy) is 2. The van der Waals surface area contributed by atoms with E-state index in [-0.39, 0.29) is 22.9 Å². The number of carbonyl (C=O) groups is 3. The zero-order chi connectivity index (χ0) is 22.4. The number of thioether (sulfide) groups is 1. The van der Waals surface area contributed by atoms with Gasteiger partial charge in [0.05, 0.1) is 0 Å². The molecule has 0 aliphatic carbocycles. The summed E-state index contributed by atoms with van der Waals surface area (Å²) in [7, 11) is 0. The maximum absolute atomic E-state index is 11.6. The van der Waals surface area contributed by atoms with E-state index in [0.717, 1.165) is 24.6 Å². The van der Waals surface area contributed by atoms with Crippen LogP contribution in [0.2, 0.25) is 0 Å². The van der Waals surface area contributed by atoms with Crippen molar-refractivity contribution in [2.75, 3.05) is 37.7 Å². The minimum absolute atomic E-state index is 0.135. The van der Waals surface area contributed by atoms with Crippen LogP contribution in [0.5, 0.6) is 0 Å². The van der Waals surface area contributed by atoms with Gasteiger partial charge in [0.25, 0.3) is 0 Å². The van der Waals surface area contributed by atoms with E-state index in [1.165, 1.54) is 11.8 Å². The molecule has 2 rings (SSSR count). The predicted molar refractivity (Wildman–Crippen MR) is 120 cm³/mol. The first-order valence-electron chi connectivity index (χ1n) is 9.90. The minimum atomic E-state index is -0.434. The van der Waals surface area contributed by atoms with Crippen LogP contribution in [0.25, 0.3) is 0 Å². The maximum atomic E-state index is 11.6. The highest BCUT2D eigenvalue weighted by molar-refractivity contribution is 8.13. The standard InChI is InChI=1S/C11H19NO3S.C9H17NO2S/c1-8(13)16-7-9-5-12(6-9)10(14)15-11(2,3)4;1-9(2,3)12-8(11)10-4-7(5-10)6-13/h9H,5-7H2,1-4H3;7,13H,4-6H2,1-3H3. The fraction of sp³-hybridized carbons (Fsp3) is 0.850. The number of likely N-dealkylation sites (tertiary alicyclic amines) is 2. The number of rotatable bonds is 3. The Morgan fingerprint density at radius 3 is 1.55 bits per heavy atom. The van der Waals surface area contributed by atoms with Crippen molar-refractivity contribution in [1.29, 1.82) is 0 Å². The van der Waals surface area contributed by atoms with E-state index in [1.54, 1.807) is 16.7 Å². The molecule has 0 aromatic heterocycles. The Balaban J connectivity index is 0.000000296. The van der Waals surface area contributed by atoms with Crippen LogP contribution < -0.4 is 0 Å². The quantitative estimate of drug-likeness (QED) is 0.660. The molecule has 0 atom stereocenters. The van der Waals surface area contributed by atoms with Gasteiger partial charge in [0, 0.05) is 50.7 Å². The first kappa shape index (κ1) is 25.9. The number of thiol groups is 1. The van der Waals surface area contributed by atoms with E-state index in [9.17, 15) is 14.4 Å². The van der Waals surface area contributed by atoms with Gasteiger partial charge in [-0.05, 0) is 47.3 Å². The molecule has 29 heavy (non-hydrogen) atoms. The maximum Gasteiger partial charge on any atom is 0.410 e. The summed E-state index contributed by atoms with van der Waals surface area (Å²) >= 11 is 5.49. The third-order valence-electron chi connectivity index (χ3n) is 4.00. The minimum Gasteiger partial charge on any atom is -0.444 e. The molecule has 2 saturated heterocycles. The molecule has 2 heterocycles. The summed E-state index contributed by atoms with van der Waals surface area (Å²) in [4.78, 5) is 37.1. The van der Waals surface area contributed by atoms with E-state index in [1.807, 2.05) is 41.5 Å². The SMILES string of the molecule is CC(=O)SCC1CN(C(=O)OC(C)(C)C)C1.CC(C)(C)OC(=O)N1CC(CS)C1. The molecule has 2 aliphatic heterocycles. The highest BCUT2D eigenvalue weighted by Gasteiger charge is 2.34. The van der Waals surface area contributed by atoms with E-state index >= 15 is 0 Å². The largest absolute Gasteiger partial charge is 0.444 e. The molecule has 2 fully saturated rings. The molecule has 9 heteroatoms. The molecule has 0 radical (unpaired) electrons. The van der Waals surface area contributed by atoms with E-state index in [4.69, 9.17) is 9.47 Å². The molecule has 2 amide bonds. The predicted octanol–water partition coefficient (Wildman–Crippen LogP) is 3.92. The molecule has 0 N–H and O–H groups in total. The summed E-state index contributed by atoms with van der Waals surface area (Å²) in [5.74, 6) is 2.63. The Hall–Kier alpha value is -1.09. The van der Waals surface area contributed by atoms with Gasteiger partial charge in [-0.3, -0.25) is 4.79 Å². The molecule has 7 nitrogen and oxygen atoms in total. The summed E-state index contributed by atoms with van der Waals surface area (Å²) in [6.07, 6.45) is -0.456. The third kappa shape index (κ3) is 10.5. The first-order chi connectivity index (χ1) is 13.2. The zero-order valence-corrected chi connectivity index (χ0v) is 20.4.